The van der Waals surface area contributed by atoms with E-state index in [-0.39, 0.29) is 17.2 Å². The molecule has 0 bridgehead atoms. The fourth-order valence-corrected chi connectivity index (χ4v) is 2.29. The van der Waals surface area contributed by atoms with E-state index in [4.69, 9.17) is 16.3 Å². The fraction of sp³-hybridized carbons (Fsp3) is 0.412. The number of carbonyl (C=O) groups excluding carboxylic acids is 1. The highest BCUT2D eigenvalue weighted by Gasteiger charge is 2.39. The molecule has 0 saturated carbocycles. The van der Waals surface area contributed by atoms with Gasteiger partial charge < -0.3 is 15.2 Å². The highest BCUT2D eigenvalue weighted by Crippen LogP contribution is 2.37. The molecule has 24 heavy (non-hydrogen) atoms. The number of rotatable bonds is 9. The SMILES string of the molecule is C#CCCC1(CCC(=O)NCc2ccc(C(=O)O)c(OC)c2)N=N1. The van der Waals surface area contributed by atoms with Crippen LogP contribution < -0.4 is 10.1 Å². The summed E-state index contributed by atoms with van der Waals surface area (Å²) in [4.78, 5) is 23.0. The molecule has 1 aromatic rings. The molecule has 126 valence electrons. The highest BCUT2D eigenvalue weighted by atomic mass is 16.5. The van der Waals surface area contributed by atoms with Crippen molar-refractivity contribution in [2.75, 3.05) is 7.11 Å². The van der Waals surface area contributed by atoms with Gasteiger partial charge in [0, 0.05) is 32.2 Å². The zero-order chi connectivity index (χ0) is 17.6. The molecule has 2 rings (SSSR count). The Bertz CT molecular complexity index is 700. The van der Waals surface area contributed by atoms with Gasteiger partial charge in [-0.25, -0.2) is 4.79 Å². The smallest absolute Gasteiger partial charge is 0.339 e. The summed E-state index contributed by atoms with van der Waals surface area (Å²) in [5, 5.41) is 19.8. The Morgan fingerprint density at radius 2 is 2.12 bits per heavy atom. The van der Waals surface area contributed by atoms with Crippen molar-refractivity contribution in [2.24, 2.45) is 10.2 Å². The zero-order valence-electron chi connectivity index (χ0n) is 13.4. The van der Waals surface area contributed by atoms with E-state index in [2.05, 4.69) is 21.5 Å². The minimum atomic E-state index is -1.06. The monoisotopic (exact) mass is 329 g/mol. The van der Waals surface area contributed by atoms with E-state index in [1.165, 1.54) is 13.2 Å². The Morgan fingerprint density at radius 1 is 1.38 bits per heavy atom. The molecule has 0 fully saturated rings. The standard InChI is InChI=1S/C17H19N3O4/c1-3-4-8-17(19-20-17)9-7-15(21)18-11-12-5-6-13(16(22)23)14(10-12)24-2/h1,5-6,10H,4,7-9,11H2,2H3,(H,18,21)(H,22,23). The third-order valence-electron chi connectivity index (χ3n) is 3.79. The summed E-state index contributed by atoms with van der Waals surface area (Å²) in [6, 6.07) is 4.70. The molecule has 0 saturated heterocycles. The molecule has 0 aliphatic carbocycles. The van der Waals surface area contributed by atoms with Gasteiger partial charge in [0.15, 0.2) is 5.66 Å². The van der Waals surface area contributed by atoms with Gasteiger partial charge >= 0.3 is 5.97 Å². The van der Waals surface area contributed by atoms with Crippen LogP contribution in [0.1, 0.15) is 41.6 Å². The van der Waals surface area contributed by atoms with Gasteiger partial charge in [0.25, 0.3) is 0 Å². The first-order chi connectivity index (χ1) is 11.5. The van der Waals surface area contributed by atoms with Crippen molar-refractivity contribution in [1.82, 2.24) is 5.32 Å². The molecule has 1 aromatic carbocycles. The van der Waals surface area contributed by atoms with Gasteiger partial charge in [-0.2, -0.15) is 10.2 Å². The van der Waals surface area contributed by atoms with Gasteiger partial charge in [0.1, 0.15) is 11.3 Å². The van der Waals surface area contributed by atoms with Crippen molar-refractivity contribution in [2.45, 2.75) is 37.9 Å². The highest BCUT2D eigenvalue weighted by molar-refractivity contribution is 5.91. The Labute approximate surface area is 140 Å². The maximum absolute atomic E-state index is 11.9. The van der Waals surface area contributed by atoms with Gasteiger partial charge in [-0.3, -0.25) is 4.79 Å². The van der Waals surface area contributed by atoms with Crippen LogP contribution in [0.25, 0.3) is 0 Å². The van der Waals surface area contributed by atoms with Gasteiger partial charge in [-0.05, 0) is 17.7 Å². The third kappa shape index (κ3) is 4.56. The summed E-state index contributed by atoms with van der Waals surface area (Å²) in [7, 11) is 1.41. The molecule has 0 spiro atoms. The van der Waals surface area contributed by atoms with E-state index in [0.29, 0.717) is 32.2 Å². The quantitative estimate of drug-likeness (QED) is 0.679. The second-order valence-electron chi connectivity index (χ2n) is 5.50. The first-order valence-corrected chi connectivity index (χ1v) is 7.54. The summed E-state index contributed by atoms with van der Waals surface area (Å²) in [6.07, 6.45) is 7.33. The number of ether oxygens (including phenoxy) is 1. The molecule has 7 heteroatoms. The summed E-state index contributed by atoms with van der Waals surface area (Å²) in [6.45, 7) is 0.292. The summed E-state index contributed by atoms with van der Waals surface area (Å²) in [5.74, 6) is 1.63. The molecular formula is C17H19N3O4. The topological polar surface area (TPSA) is 100 Å². The van der Waals surface area contributed by atoms with E-state index in [0.717, 1.165) is 5.56 Å². The predicted octanol–water partition coefficient (Wildman–Crippen LogP) is 2.37. The van der Waals surface area contributed by atoms with Gasteiger partial charge in [0.2, 0.25) is 5.91 Å². The lowest BCUT2D eigenvalue weighted by Gasteiger charge is -2.11. The average Bonchev–Trinajstić information content (AvgIpc) is 3.36. The molecule has 1 heterocycles. The molecule has 7 nitrogen and oxygen atoms in total. The lowest BCUT2D eigenvalue weighted by Crippen LogP contribution is -2.24. The first-order valence-electron chi connectivity index (χ1n) is 7.54. The number of nitrogens with zero attached hydrogens (tertiary/aromatic N) is 2. The van der Waals surface area contributed by atoms with Crippen LogP contribution in [-0.2, 0) is 11.3 Å². The second-order valence-corrected chi connectivity index (χ2v) is 5.50. The van der Waals surface area contributed by atoms with Crippen molar-refractivity contribution < 1.29 is 19.4 Å². The summed E-state index contributed by atoms with van der Waals surface area (Å²) >= 11 is 0. The van der Waals surface area contributed by atoms with Gasteiger partial charge in [0.05, 0.1) is 7.11 Å². The Hall–Kier alpha value is -2.88. The van der Waals surface area contributed by atoms with E-state index >= 15 is 0 Å². The number of terminal acetylenes is 1. The van der Waals surface area contributed by atoms with Gasteiger partial charge in [-0.15, -0.1) is 12.3 Å². The average molecular weight is 329 g/mol. The number of nitrogens with one attached hydrogen (secondary N) is 1. The van der Waals surface area contributed by atoms with Crippen molar-refractivity contribution in [3.63, 3.8) is 0 Å². The molecule has 1 aliphatic heterocycles. The van der Waals surface area contributed by atoms with Crippen LogP contribution in [0.4, 0.5) is 0 Å². The lowest BCUT2D eigenvalue weighted by atomic mass is 10.0. The number of hydrogen-bond acceptors (Lipinski definition) is 5. The molecule has 2 N–H and O–H groups in total. The number of aromatic carboxylic acids is 1. The molecule has 0 aromatic heterocycles. The van der Waals surface area contributed by atoms with Crippen LogP contribution in [-0.4, -0.2) is 29.8 Å². The molecule has 0 radical (unpaired) electrons. The van der Waals surface area contributed by atoms with Crippen LogP contribution in [0.15, 0.2) is 28.4 Å². The van der Waals surface area contributed by atoms with Crippen LogP contribution in [0.3, 0.4) is 0 Å². The number of benzene rings is 1. The number of carboxylic acid groups (broad SMARTS) is 1. The normalized spacial score (nSPS) is 13.8. The van der Waals surface area contributed by atoms with Crippen LogP contribution in [0.2, 0.25) is 0 Å². The van der Waals surface area contributed by atoms with E-state index < -0.39 is 11.6 Å². The molecule has 0 unspecified atom stereocenters. The van der Waals surface area contributed by atoms with E-state index in [1.54, 1.807) is 12.1 Å². The Balaban J connectivity index is 1.82. The number of methoxy groups -OCH3 is 1. The lowest BCUT2D eigenvalue weighted by molar-refractivity contribution is -0.121. The Morgan fingerprint density at radius 3 is 2.71 bits per heavy atom. The molecular weight excluding hydrogens is 310 g/mol. The van der Waals surface area contributed by atoms with Crippen molar-refractivity contribution in [3.05, 3.63) is 29.3 Å². The number of carbonyl (C=O) groups is 2. The molecule has 0 atom stereocenters. The maximum atomic E-state index is 11.9. The Kier molecular flexibility index (Phi) is 5.53. The predicted molar refractivity (Wildman–Crippen MR) is 86.7 cm³/mol. The van der Waals surface area contributed by atoms with Gasteiger partial charge in [-0.1, -0.05) is 6.07 Å². The number of amides is 1. The van der Waals surface area contributed by atoms with E-state index in [1.807, 2.05) is 0 Å². The maximum Gasteiger partial charge on any atom is 0.339 e. The largest absolute Gasteiger partial charge is 0.496 e. The fourth-order valence-electron chi connectivity index (χ4n) is 2.29. The van der Waals surface area contributed by atoms with E-state index in [9.17, 15) is 9.59 Å². The van der Waals surface area contributed by atoms with Crippen LogP contribution >= 0.6 is 0 Å². The third-order valence-corrected chi connectivity index (χ3v) is 3.79. The van der Waals surface area contributed by atoms with Crippen molar-refractivity contribution in [1.29, 1.82) is 0 Å². The minimum Gasteiger partial charge on any atom is -0.496 e. The zero-order valence-corrected chi connectivity index (χ0v) is 13.4. The van der Waals surface area contributed by atoms with Crippen molar-refractivity contribution in [3.8, 4) is 18.1 Å². The summed E-state index contributed by atoms with van der Waals surface area (Å²) in [5.41, 5.74) is 0.379. The van der Waals surface area contributed by atoms with Crippen molar-refractivity contribution >= 4 is 11.9 Å². The van der Waals surface area contributed by atoms with Crippen LogP contribution in [0.5, 0.6) is 5.75 Å². The number of carboxylic acids is 1. The minimum absolute atomic E-state index is 0.0833. The second kappa shape index (κ2) is 7.59. The first kappa shape index (κ1) is 17.5. The summed E-state index contributed by atoms with van der Waals surface area (Å²) < 4.78 is 5.06. The molecule has 1 amide bonds. The molecule has 1 aliphatic rings. The van der Waals surface area contributed by atoms with Crippen LogP contribution in [0, 0.1) is 12.3 Å². The number of hydrogen-bond donors (Lipinski definition) is 2.